The van der Waals surface area contributed by atoms with Gasteiger partial charge in [0.25, 0.3) is 5.69 Å². The number of ether oxygens (including phenoxy) is 1. The number of nitro groups is 1. The first-order chi connectivity index (χ1) is 12.8. The fourth-order valence-electron chi connectivity index (χ4n) is 2.38. The molecule has 3 rings (SSSR count). The Bertz CT molecular complexity index is 928. The Morgan fingerprint density at radius 2 is 1.93 bits per heavy atom. The minimum Gasteiger partial charge on any atom is -0.454 e. The van der Waals surface area contributed by atoms with E-state index in [2.05, 4.69) is 5.32 Å². The topological polar surface area (TPSA) is 98.5 Å². The molecule has 7 nitrogen and oxygen atoms in total. The zero-order chi connectivity index (χ0) is 19.6. The van der Waals surface area contributed by atoms with Gasteiger partial charge in [-0.2, -0.15) is 0 Å². The lowest BCUT2D eigenvalue weighted by molar-refractivity contribution is -0.384. The van der Waals surface area contributed by atoms with E-state index in [9.17, 15) is 28.5 Å². The van der Waals surface area contributed by atoms with Crippen molar-refractivity contribution in [1.82, 2.24) is 0 Å². The highest BCUT2D eigenvalue weighted by Crippen LogP contribution is 2.31. The third-order valence-electron chi connectivity index (χ3n) is 3.93. The van der Waals surface area contributed by atoms with Crippen LogP contribution in [-0.4, -0.2) is 29.3 Å². The number of Topliss-reactive ketones (excluding diaryl/α,β-unsaturated/α-hetero) is 1. The SMILES string of the molecule is O=C(OCC(=O)c1cc(F)ccc1F)c1ccc(NC2CC2)c([N+](=O)[O-])c1. The molecule has 0 unspecified atom stereocenters. The van der Waals surface area contributed by atoms with Gasteiger partial charge in [-0.1, -0.05) is 0 Å². The second kappa shape index (κ2) is 7.48. The van der Waals surface area contributed by atoms with E-state index in [0.717, 1.165) is 31.0 Å². The van der Waals surface area contributed by atoms with Gasteiger partial charge in [-0.25, -0.2) is 13.6 Å². The van der Waals surface area contributed by atoms with E-state index in [-0.39, 0.29) is 23.0 Å². The van der Waals surface area contributed by atoms with Crippen LogP contribution < -0.4 is 5.32 Å². The molecule has 0 spiro atoms. The van der Waals surface area contributed by atoms with Gasteiger partial charge >= 0.3 is 5.97 Å². The molecule has 0 bridgehead atoms. The number of hydrogen-bond acceptors (Lipinski definition) is 6. The number of nitrogens with one attached hydrogen (secondary N) is 1. The van der Waals surface area contributed by atoms with Gasteiger partial charge in [0, 0.05) is 12.1 Å². The van der Waals surface area contributed by atoms with Gasteiger partial charge in [0.1, 0.15) is 17.3 Å². The zero-order valence-corrected chi connectivity index (χ0v) is 13.9. The zero-order valence-electron chi connectivity index (χ0n) is 13.9. The Kier molecular flexibility index (Phi) is 5.11. The summed E-state index contributed by atoms with van der Waals surface area (Å²) in [6, 6.07) is 6.29. The standard InChI is InChI=1S/C18H14F2N2O5/c19-11-2-5-14(20)13(8-11)17(23)9-27-18(24)10-1-6-15(21-12-3-4-12)16(7-10)22(25)26/h1-2,5-8,12,21H,3-4,9H2. The summed E-state index contributed by atoms with van der Waals surface area (Å²) in [4.78, 5) is 34.5. The largest absolute Gasteiger partial charge is 0.454 e. The van der Waals surface area contributed by atoms with Crippen LogP contribution in [0.5, 0.6) is 0 Å². The molecule has 0 aliphatic heterocycles. The summed E-state index contributed by atoms with van der Waals surface area (Å²) in [6.07, 6.45) is 1.83. The molecule has 1 aliphatic rings. The van der Waals surface area contributed by atoms with Crippen LogP contribution in [0.4, 0.5) is 20.2 Å². The van der Waals surface area contributed by atoms with Gasteiger partial charge in [0.15, 0.2) is 6.61 Å². The summed E-state index contributed by atoms with van der Waals surface area (Å²) < 4.78 is 31.5. The molecule has 0 amide bonds. The number of anilines is 1. The summed E-state index contributed by atoms with van der Waals surface area (Å²) in [5.74, 6) is -3.66. The van der Waals surface area contributed by atoms with E-state index in [1.165, 1.54) is 12.1 Å². The number of hydrogen-bond donors (Lipinski definition) is 1. The maximum Gasteiger partial charge on any atom is 0.338 e. The summed E-state index contributed by atoms with van der Waals surface area (Å²) in [7, 11) is 0. The maximum atomic E-state index is 13.6. The number of carbonyl (C=O) groups is 2. The third kappa shape index (κ3) is 4.43. The molecule has 1 saturated carbocycles. The van der Waals surface area contributed by atoms with Crippen LogP contribution >= 0.6 is 0 Å². The molecule has 1 aliphatic carbocycles. The Balaban J connectivity index is 1.70. The van der Waals surface area contributed by atoms with Crippen LogP contribution in [0.15, 0.2) is 36.4 Å². The van der Waals surface area contributed by atoms with Gasteiger partial charge in [0.2, 0.25) is 5.78 Å². The number of carbonyl (C=O) groups excluding carboxylic acids is 2. The molecule has 0 heterocycles. The quantitative estimate of drug-likeness (QED) is 0.344. The van der Waals surface area contributed by atoms with Gasteiger partial charge in [-0.15, -0.1) is 0 Å². The average Bonchev–Trinajstić information content (AvgIpc) is 3.45. The molecular formula is C18H14F2N2O5. The molecule has 0 saturated heterocycles. The van der Waals surface area contributed by atoms with Crippen LogP contribution in [-0.2, 0) is 4.74 Å². The van der Waals surface area contributed by atoms with Gasteiger partial charge in [-0.05, 0) is 43.2 Å². The van der Waals surface area contributed by atoms with E-state index >= 15 is 0 Å². The Labute approximate surface area is 152 Å². The summed E-state index contributed by atoms with van der Waals surface area (Å²) in [5, 5.41) is 14.2. The number of ketones is 1. The summed E-state index contributed by atoms with van der Waals surface area (Å²) in [6.45, 7) is -0.824. The Morgan fingerprint density at radius 3 is 2.59 bits per heavy atom. The fraction of sp³-hybridized carbons (Fsp3) is 0.222. The fourth-order valence-corrected chi connectivity index (χ4v) is 2.38. The molecule has 27 heavy (non-hydrogen) atoms. The van der Waals surface area contributed by atoms with Crippen molar-refractivity contribution in [3.05, 3.63) is 69.3 Å². The monoisotopic (exact) mass is 376 g/mol. The number of halogens is 2. The van der Waals surface area contributed by atoms with Gasteiger partial charge in [-0.3, -0.25) is 14.9 Å². The van der Waals surface area contributed by atoms with E-state index in [1.54, 1.807) is 0 Å². The van der Waals surface area contributed by atoms with Crippen LogP contribution in [0.2, 0.25) is 0 Å². The van der Waals surface area contributed by atoms with Crippen molar-refractivity contribution in [3.8, 4) is 0 Å². The second-order valence-electron chi connectivity index (χ2n) is 6.03. The first-order valence-electron chi connectivity index (χ1n) is 8.05. The number of esters is 1. The molecule has 1 fully saturated rings. The van der Waals surface area contributed by atoms with Crippen LogP contribution in [0, 0.1) is 21.7 Å². The Hall–Kier alpha value is -3.36. The lowest BCUT2D eigenvalue weighted by Crippen LogP contribution is -2.16. The van der Waals surface area contributed by atoms with E-state index < -0.39 is 40.5 Å². The smallest absolute Gasteiger partial charge is 0.338 e. The predicted molar refractivity (Wildman–Crippen MR) is 90.7 cm³/mol. The normalized spacial score (nSPS) is 13.1. The van der Waals surface area contributed by atoms with Gasteiger partial charge < -0.3 is 10.1 Å². The number of rotatable bonds is 7. The van der Waals surface area contributed by atoms with Crippen molar-refractivity contribution in [3.63, 3.8) is 0 Å². The lowest BCUT2D eigenvalue weighted by atomic mass is 10.1. The predicted octanol–water partition coefficient (Wildman–Crippen LogP) is 3.49. The van der Waals surface area contributed by atoms with Crippen molar-refractivity contribution in [1.29, 1.82) is 0 Å². The highest BCUT2D eigenvalue weighted by atomic mass is 19.1. The van der Waals surface area contributed by atoms with E-state index in [1.807, 2.05) is 0 Å². The maximum absolute atomic E-state index is 13.6. The van der Waals surface area contributed by atoms with Crippen LogP contribution in [0.25, 0.3) is 0 Å². The van der Waals surface area contributed by atoms with Crippen LogP contribution in [0.3, 0.4) is 0 Å². The molecule has 1 N–H and O–H groups in total. The first-order valence-corrected chi connectivity index (χ1v) is 8.05. The van der Waals surface area contributed by atoms with Crippen molar-refractivity contribution in [2.45, 2.75) is 18.9 Å². The molecule has 2 aromatic rings. The average molecular weight is 376 g/mol. The lowest BCUT2D eigenvalue weighted by Gasteiger charge is -2.08. The van der Waals surface area contributed by atoms with E-state index in [0.29, 0.717) is 6.07 Å². The molecule has 0 aromatic heterocycles. The summed E-state index contributed by atoms with van der Waals surface area (Å²) in [5.41, 5.74) is -0.677. The molecule has 140 valence electrons. The highest BCUT2D eigenvalue weighted by Gasteiger charge is 2.26. The molecule has 2 aromatic carbocycles. The Morgan fingerprint density at radius 1 is 1.19 bits per heavy atom. The van der Waals surface area contributed by atoms with Gasteiger partial charge in [0.05, 0.1) is 16.1 Å². The van der Waals surface area contributed by atoms with Crippen molar-refractivity contribution >= 4 is 23.1 Å². The number of nitro benzene ring substituents is 1. The van der Waals surface area contributed by atoms with Crippen LogP contribution in [0.1, 0.15) is 33.6 Å². The number of benzene rings is 2. The van der Waals surface area contributed by atoms with Crippen molar-refractivity contribution < 1.29 is 28.0 Å². The first kappa shape index (κ1) is 18.4. The minimum absolute atomic E-state index is 0.129. The summed E-state index contributed by atoms with van der Waals surface area (Å²) >= 11 is 0. The van der Waals surface area contributed by atoms with E-state index in [4.69, 9.17) is 4.74 Å². The highest BCUT2D eigenvalue weighted by molar-refractivity contribution is 5.99. The van der Waals surface area contributed by atoms with Crippen molar-refractivity contribution in [2.75, 3.05) is 11.9 Å². The number of nitrogens with zero attached hydrogens (tertiary/aromatic N) is 1. The second-order valence-corrected chi connectivity index (χ2v) is 6.03. The molecule has 0 radical (unpaired) electrons. The minimum atomic E-state index is -0.985. The molecule has 0 atom stereocenters. The van der Waals surface area contributed by atoms with Crippen molar-refractivity contribution in [2.24, 2.45) is 0 Å². The molecular weight excluding hydrogens is 362 g/mol. The molecule has 9 heteroatoms. The third-order valence-corrected chi connectivity index (χ3v) is 3.93.